The van der Waals surface area contributed by atoms with E-state index in [4.69, 9.17) is 31.5 Å². The second-order valence-corrected chi connectivity index (χ2v) is 10.3. The molecular weight excluding hydrogens is 472 g/mol. The summed E-state index contributed by atoms with van der Waals surface area (Å²) in [4.78, 5) is 11.8. The van der Waals surface area contributed by atoms with E-state index in [-0.39, 0.29) is 5.75 Å². The molecule has 3 aromatic rings. The molecule has 2 heterocycles. The van der Waals surface area contributed by atoms with Crippen LogP contribution in [0.25, 0.3) is 11.1 Å². The summed E-state index contributed by atoms with van der Waals surface area (Å²) >= 11 is 6.24. The molecule has 2 aliphatic rings. The number of aliphatic imine (C=N–C) groups is 2. The summed E-state index contributed by atoms with van der Waals surface area (Å²) in [6.07, 6.45) is 1.90. The average Bonchev–Trinajstić information content (AvgIpc) is 3.12. The summed E-state index contributed by atoms with van der Waals surface area (Å²) in [6, 6.07) is 22.6. The molecule has 1 atom stereocenters. The second kappa shape index (κ2) is 8.45. The van der Waals surface area contributed by atoms with Crippen molar-refractivity contribution >= 4 is 33.5 Å². The number of halogens is 1. The number of nitrogens with zero attached hydrogens (tertiary/aromatic N) is 3. The van der Waals surface area contributed by atoms with E-state index in [1.807, 2.05) is 59.5 Å². The summed E-state index contributed by atoms with van der Waals surface area (Å²) in [7, 11) is -3.63. The Labute approximate surface area is 203 Å². The van der Waals surface area contributed by atoms with Gasteiger partial charge in [-0.2, -0.15) is 8.42 Å². The molecule has 174 valence electrons. The van der Waals surface area contributed by atoms with Crippen molar-refractivity contribution in [2.45, 2.75) is 12.0 Å². The molecule has 0 spiro atoms. The zero-order valence-corrected chi connectivity index (χ0v) is 20.1. The fraction of sp³-hybridized carbons (Fsp3) is 0.200. The molecule has 0 amide bonds. The standard InChI is InChI=1S/C25H23ClN4O3S/c1-34(31,32)33-22-11-9-19(10-12-22)25(23-28-13-4-14-30(23)24(27)29-25)20-7-2-5-17(15-20)18-6-3-8-21(26)16-18/h2-3,5-12,15-16H,4,13-14H2,1H3,(H2,27,29). The van der Waals surface area contributed by atoms with E-state index in [0.717, 1.165) is 47.3 Å². The minimum Gasteiger partial charge on any atom is -0.383 e. The smallest absolute Gasteiger partial charge is 0.306 e. The monoisotopic (exact) mass is 494 g/mol. The molecule has 0 aromatic heterocycles. The molecule has 5 rings (SSSR count). The van der Waals surface area contributed by atoms with Crippen LogP contribution in [0.15, 0.2) is 82.8 Å². The first-order valence-corrected chi connectivity index (χ1v) is 13.0. The van der Waals surface area contributed by atoms with Gasteiger partial charge in [-0.05, 0) is 59.0 Å². The SMILES string of the molecule is CS(=O)(=O)Oc1ccc(C2(c3cccc(-c4cccc(Cl)c4)c3)N=C(N)N3CCCN=C32)cc1. The topological polar surface area (TPSA) is 97.3 Å². The summed E-state index contributed by atoms with van der Waals surface area (Å²) < 4.78 is 28.1. The zero-order valence-electron chi connectivity index (χ0n) is 18.5. The predicted molar refractivity (Wildman–Crippen MR) is 135 cm³/mol. The Balaban J connectivity index is 1.68. The Bertz CT molecular complexity index is 1420. The highest BCUT2D eigenvalue weighted by Crippen LogP contribution is 2.43. The van der Waals surface area contributed by atoms with Crippen LogP contribution in [0.3, 0.4) is 0 Å². The van der Waals surface area contributed by atoms with E-state index in [2.05, 4.69) is 6.07 Å². The van der Waals surface area contributed by atoms with Gasteiger partial charge in [-0.3, -0.25) is 9.89 Å². The van der Waals surface area contributed by atoms with E-state index < -0.39 is 15.7 Å². The Morgan fingerprint density at radius 1 is 1.00 bits per heavy atom. The highest BCUT2D eigenvalue weighted by atomic mass is 35.5. The molecule has 2 N–H and O–H groups in total. The molecule has 0 fully saturated rings. The Hall–Kier alpha value is -3.36. The quantitative estimate of drug-likeness (QED) is 0.540. The van der Waals surface area contributed by atoms with Crippen LogP contribution in [-0.2, 0) is 15.7 Å². The fourth-order valence-corrected chi connectivity index (χ4v) is 5.14. The van der Waals surface area contributed by atoms with Gasteiger partial charge in [0.25, 0.3) is 0 Å². The zero-order chi connectivity index (χ0) is 23.9. The maximum absolute atomic E-state index is 11.6. The maximum atomic E-state index is 11.6. The normalized spacial score (nSPS) is 19.9. The van der Waals surface area contributed by atoms with E-state index >= 15 is 0 Å². The van der Waals surface area contributed by atoms with Gasteiger partial charge in [-0.15, -0.1) is 0 Å². The number of benzene rings is 3. The van der Waals surface area contributed by atoms with Crippen LogP contribution in [0, 0.1) is 0 Å². The van der Waals surface area contributed by atoms with Crippen molar-refractivity contribution in [2.75, 3.05) is 19.3 Å². The molecule has 0 aliphatic carbocycles. The molecule has 1 unspecified atom stereocenters. The van der Waals surface area contributed by atoms with Crippen LogP contribution in [0.4, 0.5) is 0 Å². The summed E-state index contributed by atoms with van der Waals surface area (Å²) in [6.45, 7) is 1.42. The minimum atomic E-state index is -3.63. The molecule has 3 aromatic carbocycles. The van der Waals surface area contributed by atoms with Crippen molar-refractivity contribution in [1.29, 1.82) is 0 Å². The Kier molecular flexibility index (Phi) is 5.58. The van der Waals surface area contributed by atoms with Crippen molar-refractivity contribution in [1.82, 2.24) is 4.90 Å². The van der Waals surface area contributed by atoms with E-state index in [1.165, 1.54) is 0 Å². The predicted octanol–water partition coefficient (Wildman–Crippen LogP) is 4.02. The lowest BCUT2D eigenvalue weighted by atomic mass is 9.81. The number of nitrogens with two attached hydrogens (primary N) is 1. The van der Waals surface area contributed by atoms with Crippen LogP contribution in [-0.4, -0.2) is 44.5 Å². The van der Waals surface area contributed by atoms with Gasteiger partial charge >= 0.3 is 10.1 Å². The van der Waals surface area contributed by atoms with Gasteiger partial charge in [0, 0.05) is 18.1 Å². The molecule has 0 bridgehead atoms. The summed E-state index contributed by atoms with van der Waals surface area (Å²) in [5, 5.41) is 0.657. The van der Waals surface area contributed by atoms with Crippen molar-refractivity contribution in [3.8, 4) is 16.9 Å². The lowest BCUT2D eigenvalue weighted by Gasteiger charge is -2.33. The number of hydrogen-bond acceptors (Lipinski definition) is 7. The highest BCUT2D eigenvalue weighted by molar-refractivity contribution is 7.86. The van der Waals surface area contributed by atoms with Crippen molar-refractivity contribution in [2.24, 2.45) is 15.7 Å². The first kappa shape index (κ1) is 22.4. The molecule has 2 aliphatic heterocycles. The first-order chi connectivity index (χ1) is 16.3. The van der Waals surface area contributed by atoms with E-state index in [0.29, 0.717) is 17.5 Å². The van der Waals surface area contributed by atoms with Crippen molar-refractivity contribution < 1.29 is 12.6 Å². The van der Waals surface area contributed by atoms with Gasteiger partial charge in [0.1, 0.15) is 11.6 Å². The van der Waals surface area contributed by atoms with Gasteiger partial charge in [0.05, 0.1) is 6.26 Å². The highest BCUT2D eigenvalue weighted by Gasteiger charge is 2.49. The van der Waals surface area contributed by atoms with E-state index in [9.17, 15) is 8.42 Å². The molecule has 0 radical (unpaired) electrons. The van der Waals surface area contributed by atoms with E-state index in [1.54, 1.807) is 12.1 Å². The average molecular weight is 495 g/mol. The summed E-state index contributed by atoms with van der Waals surface area (Å²) in [5.74, 6) is 1.39. The van der Waals surface area contributed by atoms with Crippen LogP contribution in [0.5, 0.6) is 5.75 Å². The molecule has 9 heteroatoms. The third-order valence-electron chi connectivity index (χ3n) is 5.90. The molecule has 0 saturated carbocycles. The lowest BCUT2D eigenvalue weighted by Crippen LogP contribution is -2.46. The van der Waals surface area contributed by atoms with Gasteiger partial charge in [-0.1, -0.05) is 54.1 Å². The third kappa shape index (κ3) is 4.03. The number of guanidine groups is 1. The number of amidine groups is 1. The van der Waals surface area contributed by atoms with Crippen LogP contribution < -0.4 is 9.92 Å². The van der Waals surface area contributed by atoms with Crippen molar-refractivity contribution in [3.05, 3.63) is 88.9 Å². The molecule has 34 heavy (non-hydrogen) atoms. The maximum Gasteiger partial charge on any atom is 0.306 e. The van der Waals surface area contributed by atoms with Gasteiger partial charge in [0.15, 0.2) is 11.5 Å². The number of hydrogen-bond donors (Lipinski definition) is 1. The van der Waals surface area contributed by atoms with Gasteiger partial charge < -0.3 is 9.92 Å². The summed E-state index contributed by atoms with van der Waals surface area (Å²) in [5.41, 5.74) is 9.10. The van der Waals surface area contributed by atoms with Gasteiger partial charge in [0.2, 0.25) is 0 Å². The molecular formula is C25H23ClN4O3S. The second-order valence-electron chi connectivity index (χ2n) is 8.29. The molecule has 7 nitrogen and oxygen atoms in total. The Morgan fingerprint density at radius 3 is 2.41 bits per heavy atom. The van der Waals surface area contributed by atoms with Crippen LogP contribution in [0.1, 0.15) is 17.5 Å². The minimum absolute atomic E-state index is 0.228. The lowest BCUT2D eigenvalue weighted by molar-refractivity contribution is 0.492. The number of fused-ring (bicyclic) bond motifs is 1. The first-order valence-electron chi connectivity index (χ1n) is 10.8. The fourth-order valence-electron chi connectivity index (χ4n) is 4.49. The van der Waals surface area contributed by atoms with Gasteiger partial charge in [-0.25, -0.2) is 4.99 Å². The molecule has 0 saturated heterocycles. The van der Waals surface area contributed by atoms with Crippen molar-refractivity contribution in [3.63, 3.8) is 0 Å². The Morgan fingerprint density at radius 2 is 1.71 bits per heavy atom. The van der Waals surface area contributed by atoms with Crippen LogP contribution >= 0.6 is 11.6 Å². The largest absolute Gasteiger partial charge is 0.383 e. The third-order valence-corrected chi connectivity index (χ3v) is 6.63. The van der Waals surface area contributed by atoms with Crippen LogP contribution in [0.2, 0.25) is 5.02 Å². The number of rotatable bonds is 5.